The summed E-state index contributed by atoms with van der Waals surface area (Å²) in [4.78, 5) is 13.2. The summed E-state index contributed by atoms with van der Waals surface area (Å²) < 4.78 is 5.97. The molecule has 27 heavy (non-hydrogen) atoms. The standard InChI is InChI=1S/C25H30O2/c1-3-16(2)20-4-5-22-12-23(7-6-21(22)11-20)27-24(26)25-13-17-8-18(14-25)10-19(9-17)15-25/h4-7,11-12,16-19H,3,8-10,13-15H2,1-2H3. The first-order valence-corrected chi connectivity index (χ1v) is 10.8. The number of ether oxygens (including phenoxy) is 1. The minimum atomic E-state index is -0.190. The highest BCUT2D eigenvalue weighted by atomic mass is 16.5. The van der Waals surface area contributed by atoms with Gasteiger partial charge in [-0.3, -0.25) is 4.79 Å². The van der Waals surface area contributed by atoms with Gasteiger partial charge in [0.15, 0.2) is 0 Å². The third kappa shape index (κ3) is 2.98. The first-order valence-electron chi connectivity index (χ1n) is 10.8. The summed E-state index contributed by atoms with van der Waals surface area (Å²) in [6, 6.07) is 12.8. The van der Waals surface area contributed by atoms with Crippen LogP contribution >= 0.6 is 0 Å². The number of fused-ring (bicyclic) bond motifs is 1. The number of hydrogen-bond acceptors (Lipinski definition) is 2. The van der Waals surface area contributed by atoms with Crippen LogP contribution in [0.25, 0.3) is 10.8 Å². The third-order valence-corrected chi connectivity index (χ3v) is 7.70. The second kappa shape index (κ2) is 6.36. The van der Waals surface area contributed by atoms with Crippen molar-refractivity contribution in [2.75, 3.05) is 0 Å². The summed E-state index contributed by atoms with van der Waals surface area (Å²) in [7, 11) is 0. The molecular weight excluding hydrogens is 332 g/mol. The Morgan fingerprint density at radius 2 is 1.59 bits per heavy atom. The lowest BCUT2D eigenvalue weighted by atomic mass is 9.49. The molecule has 2 aromatic carbocycles. The summed E-state index contributed by atoms with van der Waals surface area (Å²) in [5.41, 5.74) is 1.19. The quantitative estimate of drug-likeness (QED) is 0.460. The number of carbonyl (C=O) groups excluding carboxylic acids is 1. The molecule has 2 aromatic rings. The molecule has 6 rings (SSSR count). The predicted molar refractivity (Wildman–Crippen MR) is 109 cm³/mol. The number of carbonyl (C=O) groups is 1. The summed E-state index contributed by atoms with van der Waals surface area (Å²) in [5.74, 6) is 3.61. The average Bonchev–Trinajstić information content (AvgIpc) is 2.66. The van der Waals surface area contributed by atoms with Gasteiger partial charge in [0.05, 0.1) is 5.41 Å². The number of benzene rings is 2. The van der Waals surface area contributed by atoms with E-state index in [0.29, 0.717) is 11.7 Å². The van der Waals surface area contributed by atoms with Gasteiger partial charge in [-0.25, -0.2) is 0 Å². The molecule has 2 nitrogen and oxygen atoms in total. The van der Waals surface area contributed by atoms with Crippen molar-refractivity contribution in [3.63, 3.8) is 0 Å². The minimum absolute atomic E-state index is 0.0391. The maximum Gasteiger partial charge on any atom is 0.317 e. The maximum absolute atomic E-state index is 13.2. The van der Waals surface area contributed by atoms with Crippen LogP contribution in [0.1, 0.15) is 70.3 Å². The summed E-state index contributed by atoms with van der Waals surface area (Å²) in [5, 5.41) is 2.38. The number of esters is 1. The Labute approximate surface area is 162 Å². The van der Waals surface area contributed by atoms with Crippen LogP contribution < -0.4 is 4.74 Å². The van der Waals surface area contributed by atoms with Crippen LogP contribution in [0.4, 0.5) is 0 Å². The van der Waals surface area contributed by atoms with Crippen LogP contribution in [0.3, 0.4) is 0 Å². The van der Waals surface area contributed by atoms with Crippen LogP contribution in [0.15, 0.2) is 36.4 Å². The van der Waals surface area contributed by atoms with Gasteiger partial charge in [-0.1, -0.05) is 38.1 Å². The van der Waals surface area contributed by atoms with E-state index in [1.807, 2.05) is 12.1 Å². The van der Waals surface area contributed by atoms with Crippen LogP contribution in [0.5, 0.6) is 5.75 Å². The van der Waals surface area contributed by atoms with Gasteiger partial charge in [0.25, 0.3) is 0 Å². The topological polar surface area (TPSA) is 26.3 Å². The molecule has 0 heterocycles. The van der Waals surface area contributed by atoms with Gasteiger partial charge in [-0.2, -0.15) is 0 Å². The van der Waals surface area contributed by atoms with Gasteiger partial charge in [0.1, 0.15) is 5.75 Å². The lowest BCUT2D eigenvalue weighted by Gasteiger charge is -2.55. The zero-order valence-corrected chi connectivity index (χ0v) is 16.5. The molecule has 1 atom stereocenters. The molecule has 0 spiro atoms. The van der Waals surface area contributed by atoms with Crippen LogP contribution in [-0.4, -0.2) is 5.97 Å². The molecule has 4 fully saturated rings. The highest BCUT2D eigenvalue weighted by Crippen LogP contribution is 2.60. The van der Waals surface area contributed by atoms with Crippen LogP contribution in [0.2, 0.25) is 0 Å². The van der Waals surface area contributed by atoms with Gasteiger partial charge in [-0.05, 0) is 97.1 Å². The fraction of sp³-hybridized carbons (Fsp3) is 0.560. The molecule has 0 radical (unpaired) electrons. The summed E-state index contributed by atoms with van der Waals surface area (Å²) in [6.45, 7) is 4.49. The lowest BCUT2D eigenvalue weighted by Crippen LogP contribution is -2.51. The van der Waals surface area contributed by atoms with E-state index in [1.54, 1.807) is 0 Å². The Balaban J connectivity index is 1.37. The molecule has 0 aromatic heterocycles. The highest BCUT2D eigenvalue weighted by molar-refractivity contribution is 5.86. The lowest BCUT2D eigenvalue weighted by molar-refractivity contribution is -0.161. The van der Waals surface area contributed by atoms with Gasteiger partial charge in [0.2, 0.25) is 0 Å². The van der Waals surface area contributed by atoms with Crippen molar-refractivity contribution >= 4 is 16.7 Å². The van der Waals surface area contributed by atoms with Crippen molar-refractivity contribution in [2.24, 2.45) is 23.2 Å². The molecule has 2 heteroatoms. The Morgan fingerprint density at radius 1 is 1.00 bits per heavy atom. The first-order chi connectivity index (χ1) is 13.0. The molecule has 0 amide bonds. The number of hydrogen-bond donors (Lipinski definition) is 0. The van der Waals surface area contributed by atoms with E-state index < -0.39 is 0 Å². The van der Waals surface area contributed by atoms with Crippen molar-refractivity contribution in [1.29, 1.82) is 0 Å². The molecule has 4 aliphatic carbocycles. The van der Waals surface area contributed by atoms with Gasteiger partial charge in [-0.15, -0.1) is 0 Å². The highest BCUT2D eigenvalue weighted by Gasteiger charge is 2.55. The third-order valence-electron chi connectivity index (χ3n) is 7.70. The van der Waals surface area contributed by atoms with E-state index in [0.717, 1.165) is 48.8 Å². The zero-order valence-electron chi connectivity index (χ0n) is 16.5. The molecule has 4 bridgehead atoms. The molecule has 4 aliphatic rings. The van der Waals surface area contributed by atoms with E-state index >= 15 is 0 Å². The summed E-state index contributed by atoms with van der Waals surface area (Å²) in [6.07, 6.45) is 8.37. The summed E-state index contributed by atoms with van der Waals surface area (Å²) >= 11 is 0. The van der Waals surface area contributed by atoms with Crippen molar-refractivity contribution in [2.45, 2.75) is 64.7 Å². The minimum Gasteiger partial charge on any atom is -0.426 e. The maximum atomic E-state index is 13.2. The smallest absolute Gasteiger partial charge is 0.317 e. The SMILES string of the molecule is CCC(C)c1ccc2cc(OC(=O)C34CC5CC(CC(C5)C3)C4)ccc2c1. The molecule has 0 saturated heterocycles. The Kier molecular flexibility index (Phi) is 4.07. The van der Waals surface area contributed by atoms with Gasteiger partial charge >= 0.3 is 5.97 Å². The van der Waals surface area contributed by atoms with E-state index in [4.69, 9.17) is 4.74 Å². The molecule has 4 saturated carbocycles. The first kappa shape index (κ1) is 17.3. The second-order valence-corrected chi connectivity index (χ2v) is 9.67. The largest absolute Gasteiger partial charge is 0.426 e. The van der Waals surface area contributed by atoms with E-state index in [2.05, 4.69) is 38.1 Å². The predicted octanol–water partition coefficient (Wildman–Crippen LogP) is 6.48. The van der Waals surface area contributed by atoms with E-state index in [9.17, 15) is 4.79 Å². The monoisotopic (exact) mass is 362 g/mol. The molecule has 0 N–H and O–H groups in total. The Morgan fingerprint density at radius 3 is 2.22 bits per heavy atom. The average molecular weight is 363 g/mol. The normalized spacial score (nSPS) is 32.6. The van der Waals surface area contributed by atoms with Crippen molar-refractivity contribution in [3.05, 3.63) is 42.0 Å². The fourth-order valence-electron chi connectivity index (χ4n) is 6.42. The molecule has 1 unspecified atom stereocenters. The van der Waals surface area contributed by atoms with Crippen LogP contribution in [0, 0.1) is 23.2 Å². The Bertz CT molecular complexity index is 846. The number of rotatable bonds is 4. The van der Waals surface area contributed by atoms with E-state index in [1.165, 1.54) is 30.2 Å². The zero-order chi connectivity index (χ0) is 18.6. The molecule has 0 aliphatic heterocycles. The van der Waals surface area contributed by atoms with Crippen molar-refractivity contribution < 1.29 is 9.53 Å². The second-order valence-electron chi connectivity index (χ2n) is 9.67. The molecular formula is C25H30O2. The van der Waals surface area contributed by atoms with E-state index in [-0.39, 0.29) is 11.4 Å². The van der Waals surface area contributed by atoms with Gasteiger partial charge < -0.3 is 4.74 Å². The molecule has 142 valence electrons. The van der Waals surface area contributed by atoms with Crippen molar-refractivity contribution in [3.8, 4) is 5.75 Å². The Hall–Kier alpha value is -1.83. The van der Waals surface area contributed by atoms with Crippen LogP contribution in [-0.2, 0) is 4.79 Å². The van der Waals surface area contributed by atoms with Gasteiger partial charge in [0, 0.05) is 0 Å². The van der Waals surface area contributed by atoms with Crippen molar-refractivity contribution in [1.82, 2.24) is 0 Å². The fourth-order valence-corrected chi connectivity index (χ4v) is 6.42.